The number of halogens is 3. The molecule has 2 aliphatic carbocycles. The van der Waals surface area contributed by atoms with Crippen molar-refractivity contribution in [1.82, 2.24) is 0 Å². The van der Waals surface area contributed by atoms with Gasteiger partial charge in [-0.05, 0) is 79.9 Å². The van der Waals surface area contributed by atoms with E-state index in [2.05, 4.69) is 0 Å². The van der Waals surface area contributed by atoms with E-state index in [1.54, 1.807) is 0 Å². The first-order valence-corrected chi connectivity index (χ1v) is 9.04. The maximum Gasteiger partial charge on any atom is 0.145 e. The molecule has 4 heteroatoms. The summed E-state index contributed by atoms with van der Waals surface area (Å²) in [7, 11) is 0. The van der Waals surface area contributed by atoms with Gasteiger partial charge in [-0.25, -0.2) is 8.78 Å². The standard InChI is InChI=1S/C19H23ClF2O/c20-19-17(21)10-16(11-18(19)22)15-6-5-13-8-12(2-1-7-23)3-4-14(13)9-15/h7,10-15H,1-6,8-9H2. The van der Waals surface area contributed by atoms with Crippen LogP contribution in [0.4, 0.5) is 8.78 Å². The Labute approximate surface area is 141 Å². The second kappa shape index (κ2) is 7.29. The van der Waals surface area contributed by atoms with E-state index in [1.165, 1.54) is 31.4 Å². The lowest BCUT2D eigenvalue weighted by Crippen LogP contribution is -2.30. The minimum Gasteiger partial charge on any atom is -0.303 e. The van der Waals surface area contributed by atoms with Crippen molar-refractivity contribution in [3.63, 3.8) is 0 Å². The largest absolute Gasteiger partial charge is 0.303 e. The molecule has 0 saturated heterocycles. The fraction of sp³-hybridized carbons (Fsp3) is 0.632. The first kappa shape index (κ1) is 16.9. The van der Waals surface area contributed by atoms with Gasteiger partial charge in [0.05, 0.1) is 0 Å². The third-order valence-electron chi connectivity index (χ3n) is 5.89. The van der Waals surface area contributed by atoms with Crippen molar-refractivity contribution in [3.8, 4) is 0 Å². The number of hydrogen-bond acceptors (Lipinski definition) is 1. The SMILES string of the molecule is O=CCCC1CCC2CC(c3cc(F)c(Cl)c(F)c3)CCC2C1. The van der Waals surface area contributed by atoms with Crippen LogP contribution in [0.2, 0.25) is 5.02 Å². The molecule has 0 spiro atoms. The number of aldehydes is 1. The molecule has 1 aromatic carbocycles. The molecule has 3 rings (SSSR count). The van der Waals surface area contributed by atoms with Crippen molar-refractivity contribution < 1.29 is 13.6 Å². The molecule has 1 aromatic rings. The van der Waals surface area contributed by atoms with Crippen LogP contribution in [0.5, 0.6) is 0 Å². The summed E-state index contributed by atoms with van der Waals surface area (Å²) in [6.45, 7) is 0. The van der Waals surface area contributed by atoms with E-state index in [9.17, 15) is 13.6 Å². The maximum absolute atomic E-state index is 13.7. The zero-order chi connectivity index (χ0) is 16.4. The highest BCUT2D eigenvalue weighted by Crippen LogP contribution is 2.48. The second-order valence-electron chi connectivity index (χ2n) is 7.25. The highest BCUT2D eigenvalue weighted by atomic mass is 35.5. The summed E-state index contributed by atoms with van der Waals surface area (Å²) >= 11 is 5.58. The summed E-state index contributed by atoms with van der Waals surface area (Å²) in [6, 6.07) is 2.82. The highest BCUT2D eigenvalue weighted by Gasteiger charge is 2.36. The van der Waals surface area contributed by atoms with Crippen molar-refractivity contribution in [3.05, 3.63) is 34.4 Å². The number of carbonyl (C=O) groups excluding carboxylic acids is 1. The number of hydrogen-bond donors (Lipinski definition) is 0. The van der Waals surface area contributed by atoms with Gasteiger partial charge in [-0.2, -0.15) is 0 Å². The van der Waals surface area contributed by atoms with Gasteiger partial charge in [0.1, 0.15) is 22.9 Å². The van der Waals surface area contributed by atoms with E-state index in [0.29, 0.717) is 18.3 Å². The normalized spacial score (nSPS) is 30.7. The van der Waals surface area contributed by atoms with Crippen LogP contribution in [-0.4, -0.2) is 6.29 Å². The third-order valence-corrected chi connectivity index (χ3v) is 6.25. The topological polar surface area (TPSA) is 17.1 Å². The van der Waals surface area contributed by atoms with Crippen LogP contribution in [-0.2, 0) is 4.79 Å². The molecule has 126 valence electrons. The van der Waals surface area contributed by atoms with E-state index in [0.717, 1.165) is 43.5 Å². The van der Waals surface area contributed by atoms with Gasteiger partial charge in [0.2, 0.25) is 0 Å². The Morgan fingerprint density at radius 3 is 2.39 bits per heavy atom. The molecule has 2 aliphatic rings. The molecule has 23 heavy (non-hydrogen) atoms. The Balaban J connectivity index is 1.64. The van der Waals surface area contributed by atoms with Crippen LogP contribution >= 0.6 is 11.6 Å². The fourth-order valence-corrected chi connectivity index (χ4v) is 4.77. The van der Waals surface area contributed by atoms with Gasteiger partial charge >= 0.3 is 0 Å². The molecule has 4 unspecified atom stereocenters. The summed E-state index contributed by atoms with van der Waals surface area (Å²) in [5, 5.41) is -0.405. The average Bonchev–Trinajstić information content (AvgIpc) is 2.56. The van der Waals surface area contributed by atoms with Crippen LogP contribution in [0.3, 0.4) is 0 Å². The van der Waals surface area contributed by atoms with Crippen LogP contribution in [0, 0.1) is 29.4 Å². The Hall–Kier alpha value is -0.960. The number of rotatable bonds is 4. The van der Waals surface area contributed by atoms with Crippen molar-refractivity contribution in [1.29, 1.82) is 0 Å². The monoisotopic (exact) mass is 340 g/mol. The average molecular weight is 341 g/mol. The molecule has 4 atom stereocenters. The van der Waals surface area contributed by atoms with Gasteiger partial charge in [-0.15, -0.1) is 0 Å². The fourth-order valence-electron chi connectivity index (χ4n) is 4.67. The molecule has 0 aromatic heterocycles. The summed E-state index contributed by atoms with van der Waals surface area (Å²) in [5.74, 6) is 0.997. The zero-order valence-electron chi connectivity index (χ0n) is 13.2. The van der Waals surface area contributed by atoms with Crippen molar-refractivity contribution in [2.75, 3.05) is 0 Å². The van der Waals surface area contributed by atoms with E-state index in [4.69, 9.17) is 11.6 Å². The van der Waals surface area contributed by atoms with Gasteiger partial charge in [0.25, 0.3) is 0 Å². The lowest BCUT2D eigenvalue weighted by atomic mass is 9.63. The molecule has 0 bridgehead atoms. The minimum absolute atomic E-state index is 0.240. The predicted octanol–water partition coefficient (Wildman–Crippen LogP) is 5.90. The molecule has 1 nitrogen and oxygen atoms in total. The Morgan fingerprint density at radius 2 is 1.70 bits per heavy atom. The summed E-state index contributed by atoms with van der Waals surface area (Å²) in [6.07, 6.45) is 9.43. The van der Waals surface area contributed by atoms with E-state index < -0.39 is 16.7 Å². The molecule has 0 heterocycles. The van der Waals surface area contributed by atoms with Gasteiger partial charge < -0.3 is 4.79 Å². The minimum atomic E-state index is -0.652. The van der Waals surface area contributed by atoms with Crippen molar-refractivity contribution in [2.24, 2.45) is 17.8 Å². The quantitative estimate of drug-likeness (QED) is 0.493. The number of carbonyl (C=O) groups is 1. The Bertz CT molecular complexity index is 551. The van der Waals surface area contributed by atoms with Crippen LogP contribution in [0.15, 0.2) is 12.1 Å². The lowest BCUT2D eigenvalue weighted by Gasteiger charge is -2.42. The van der Waals surface area contributed by atoms with Crippen molar-refractivity contribution in [2.45, 2.75) is 57.3 Å². The van der Waals surface area contributed by atoms with Gasteiger partial charge in [-0.3, -0.25) is 0 Å². The summed E-state index contributed by atoms with van der Waals surface area (Å²) < 4.78 is 27.4. The van der Waals surface area contributed by atoms with Crippen LogP contribution < -0.4 is 0 Å². The maximum atomic E-state index is 13.7. The molecular formula is C19H23ClF2O. The lowest BCUT2D eigenvalue weighted by molar-refractivity contribution is -0.108. The highest BCUT2D eigenvalue weighted by molar-refractivity contribution is 6.30. The third kappa shape index (κ3) is 3.76. The molecule has 0 amide bonds. The van der Waals surface area contributed by atoms with Gasteiger partial charge in [-0.1, -0.05) is 18.0 Å². The first-order chi connectivity index (χ1) is 11.1. The molecule has 2 fully saturated rings. The van der Waals surface area contributed by atoms with E-state index in [1.807, 2.05) is 0 Å². The molecule has 0 N–H and O–H groups in total. The van der Waals surface area contributed by atoms with Crippen LogP contribution in [0.1, 0.15) is 62.8 Å². The van der Waals surface area contributed by atoms with Crippen LogP contribution in [0.25, 0.3) is 0 Å². The molecule has 2 saturated carbocycles. The number of fused-ring (bicyclic) bond motifs is 1. The molecule has 0 aliphatic heterocycles. The molecular weight excluding hydrogens is 318 g/mol. The molecule has 0 radical (unpaired) electrons. The van der Waals surface area contributed by atoms with Gasteiger partial charge in [0.15, 0.2) is 0 Å². The van der Waals surface area contributed by atoms with E-state index in [-0.39, 0.29) is 5.92 Å². The summed E-state index contributed by atoms with van der Waals surface area (Å²) in [5.41, 5.74) is 0.755. The smallest absolute Gasteiger partial charge is 0.145 e. The first-order valence-electron chi connectivity index (χ1n) is 8.66. The Morgan fingerprint density at radius 1 is 1.04 bits per heavy atom. The zero-order valence-corrected chi connectivity index (χ0v) is 14.0. The van der Waals surface area contributed by atoms with E-state index >= 15 is 0 Å². The number of benzene rings is 1. The van der Waals surface area contributed by atoms with Crippen molar-refractivity contribution >= 4 is 17.9 Å². The second-order valence-corrected chi connectivity index (χ2v) is 7.63. The Kier molecular flexibility index (Phi) is 5.35. The predicted molar refractivity (Wildman–Crippen MR) is 87.6 cm³/mol. The van der Waals surface area contributed by atoms with Gasteiger partial charge in [0, 0.05) is 6.42 Å². The summed E-state index contributed by atoms with van der Waals surface area (Å²) in [4.78, 5) is 10.5.